The Balaban J connectivity index is 1.74. The molecular formula is C14H14N2O2S. The van der Waals surface area contributed by atoms with Gasteiger partial charge in [-0.1, -0.05) is 18.2 Å². The van der Waals surface area contributed by atoms with Crippen molar-refractivity contribution in [3.8, 4) is 11.5 Å². The summed E-state index contributed by atoms with van der Waals surface area (Å²) in [6.07, 6.45) is 1.66. The van der Waals surface area contributed by atoms with E-state index in [9.17, 15) is 0 Å². The van der Waals surface area contributed by atoms with Gasteiger partial charge in [0.1, 0.15) is 6.61 Å². The van der Waals surface area contributed by atoms with Gasteiger partial charge >= 0.3 is 0 Å². The van der Waals surface area contributed by atoms with Crippen LogP contribution < -0.4 is 14.8 Å². The molecule has 5 heteroatoms. The molecule has 4 nitrogen and oxygen atoms in total. The predicted octanol–water partition coefficient (Wildman–Crippen LogP) is 3.25. The lowest BCUT2D eigenvalue weighted by atomic mass is 10.2. The Morgan fingerprint density at radius 1 is 1.42 bits per heavy atom. The summed E-state index contributed by atoms with van der Waals surface area (Å²) in [6, 6.07) is 7.68. The van der Waals surface area contributed by atoms with E-state index < -0.39 is 0 Å². The highest BCUT2D eigenvalue weighted by Gasteiger charge is 2.24. The van der Waals surface area contributed by atoms with Crippen LogP contribution in [0.15, 0.2) is 42.3 Å². The average molecular weight is 274 g/mol. The van der Waals surface area contributed by atoms with Crippen molar-refractivity contribution in [2.45, 2.75) is 6.10 Å². The van der Waals surface area contributed by atoms with E-state index in [-0.39, 0.29) is 6.10 Å². The average Bonchev–Trinajstić information content (AvgIpc) is 2.93. The largest absolute Gasteiger partial charge is 0.485 e. The molecule has 0 saturated carbocycles. The second-order valence-electron chi connectivity index (χ2n) is 4.11. The molecule has 0 unspecified atom stereocenters. The number of nitrogens with one attached hydrogen (secondary N) is 1. The fourth-order valence-electron chi connectivity index (χ4n) is 1.84. The Hall–Kier alpha value is -2.01. The maximum Gasteiger partial charge on any atom is 0.183 e. The summed E-state index contributed by atoms with van der Waals surface area (Å²) in [4.78, 5) is 4.50. The fraction of sp³-hybridized carbons (Fsp3) is 0.214. The van der Waals surface area contributed by atoms with E-state index in [1.807, 2.05) is 29.6 Å². The molecule has 1 aliphatic heterocycles. The molecule has 3 rings (SSSR count). The maximum atomic E-state index is 5.91. The lowest BCUT2D eigenvalue weighted by Crippen LogP contribution is -2.21. The Morgan fingerprint density at radius 2 is 2.26 bits per heavy atom. The number of nitrogens with zero attached hydrogens (tertiary/aromatic N) is 1. The molecule has 1 aromatic heterocycles. The summed E-state index contributed by atoms with van der Waals surface area (Å²) >= 11 is 1.56. The molecule has 2 aromatic rings. The van der Waals surface area contributed by atoms with Gasteiger partial charge in [-0.25, -0.2) is 4.98 Å². The van der Waals surface area contributed by atoms with Gasteiger partial charge < -0.3 is 14.8 Å². The van der Waals surface area contributed by atoms with E-state index >= 15 is 0 Å². The van der Waals surface area contributed by atoms with E-state index in [0.717, 1.165) is 22.3 Å². The molecule has 1 atom stereocenters. The quantitative estimate of drug-likeness (QED) is 0.869. The zero-order valence-electron chi connectivity index (χ0n) is 10.3. The van der Waals surface area contributed by atoms with Crippen molar-refractivity contribution in [2.75, 3.05) is 18.5 Å². The molecule has 19 heavy (non-hydrogen) atoms. The molecule has 0 spiro atoms. The smallest absolute Gasteiger partial charge is 0.183 e. The highest BCUT2D eigenvalue weighted by molar-refractivity contribution is 7.13. The van der Waals surface area contributed by atoms with Crippen LogP contribution in [0.5, 0.6) is 11.5 Å². The van der Waals surface area contributed by atoms with Crippen molar-refractivity contribution >= 4 is 16.5 Å². The van der Waals surface area contributed by atoms with Gasteiger partial charge in [0.2, 0.25) is 0 Å². The lowest BCUT2D eigenvalue weighted by molar-refractivity contribution is 0.0888. The lowest BCUT2D eigenvalue weighted by Gasteiger charge is -2.25. The monoisotopic (exact) mass is 274 g/mol. The van der Waals surface area contributed by atoms with Crippen LogP contribution in [0.4, 0.5) is 5.13 Å². The number of ether oxygens (including phenoxy) is 2. The molecule has 0 amide bonds. The van der Waals surface area contributed by atoms with Crippen LogP contribution in [0.2, 0.25) is 0 Å². The summed E-state index contributed by atoms with van der Waals surface area (Å²) in [5, 5.41) is 6.03. The molecule has 0 saturated heterocycles. The number of hydrogen-bond acceptors (Lipinski definition) is 5. The highest BCUT2D eigenvalue weighted by atomic mass is 32.1. The van der Waals surface area contributed by atoms with E-state index in [1.54, 1.807) is 17.4 Å². The van der Waals surface area contributed by atoms with Gasteiger partial charge in [0.05, 0.1) is 5.69 Å². The maximum absolute atomic E-state index is 5.91. The molecular weight excluding hydrogens is 260 g/mol. The molecule has 0 fully saturated rings. The number of thiazole rings is 1. The van der Waals surface area contributed by atoms with Gasteiger partial charge in [0.15, 0.2) is 22.7 Å². The zero-order chi connectivity index (χ0) is 13.1. The van der Waals surface area contributed by atoms with Crippen LogP contribution >= 0.6 is 11.3 Å². The first-order valence-electron chi connectivity index (χ1n) is 6.05. The van der Waals surface area contributed by atoms with Crippen molar-refractivity contribution in [1.29, 1.82) is 0 Å². The van der Waals surface area contributed by atoms with Crippen molar-refractivity contribution in [3.05, 3.63) is 48.0 Å². The van der Waals surface area contributed by atoms with Crippen LogP contribution in [-0.4, -0.2) is 18.1 Å². The molecule has 1 aromatic carbocycles. The Bertz CT molecular complexity index is 582. The number of anilines is 1. The van der Waals surface area contributed by atoms with Gasteiger partial charge in [0.25, 0.3) is 0 Å². The van der Waals surface area contributed by atoms with Crippen LogP contribution in [-0.2, 0) is 0 Å². The van der Waals surface area contributed by atoms with Crippen molar-refractivity contribution in [2.24, 2.45) is 0 Å². The minimum atomic E-state index is -0.148. The van der Waals surface area contributed by atoms with Crippen molar-refractivity contribution < 1.29 is 9.47 Å². The van der Waals surface area contributed by atoms with E-state index in [2.05, 4.69) is 16.9 Å². The van der Waals surface area contributed by atoms with Crippen molar-refractivity contribution in [1.82, 2.24) is 4.98 Å². The molecule has 0 bridgehead atoms. The second kappa shape index (κ2) is 5.32. The minimum absolute atomic E-state index is 0.148. The molecule has 1 N–H and O–H groups in total. The number of fused-ring (bicyclic) bond motifs is 1. The number of para-hydroxylation sites is 2. The van der Waals surface area contributed by atoms with Gasteiger partial charge in [0, 0.05) is 11.9 Å². The number of hydrogen-bond donors (Lipinski definition) is 1. The van der Waals surface area contributed by atoms with Crippen LogP contribution in [0.3, 0.4) is 0 Å². The van der Waals surface area contributed by atoms with Crippen molar-refractivity contribution in [3.63, 3.8) is 0 Å². The third-order valence-electron chi connectivity index (χ3n) is 2.76. The molecule has 0 aliphatic carbocycles. The Morgan fingerprint density at radius 3 is 3.11 bits per heavy atom. The summed E-state index contributed by atoms with van der Waals surface area (Å²) in [5.41, 5.74) is 0.895. The molecule has 1 aliphatic rings. The molecule has 2 heterocycles. The van der Waals surface area contributed by atoms with Gasteiger partial charge in [-0.3, -0.25) is 0 Å². The van der Waals surface area contributed by atoms with E-state index in [0.29, 0.717) is 13.2 Å². The van der Waals surface area contributed by atoms with Crippen LogP contribution in [0, 0.1) is 0 Å². The number of benzene rings is 1. The van der Waals surface area contributed by atoms with E-state index in [1.165, 1.54) is 0 Å². The Labute approximate surface area is 115 Å². The van der Waals surface area contributed by atoms with Gasteiger partial charge in [-0.15, -0.1) is 17.9 Å². The van der Waals surface area contributed by atoms with E-state index in [4.69, 9.17) is 9.47 Å². The zero-order valence-corrected chi connectivity index (χ0v) is 11.2. The van der Waals surface area contributed by atoms with Gasteiger partial charge in [-0.2, -0.15) is 0 Å². The number of rotatable bonds is 4. The third kappa shape index (κ3) is 2.56. The third-order valence-corrected chi connectivity index (χ3v) is 3.58. The fourth-order valence-corrected chi connectivity index (χ4v) is 2.60. The minimum Gasteiger partial charge on any atom is -0.485 e. The summed E-state index contributed by atoms with van der Waals surface area (Å²) in [6.45, 7) is 4.86. The normalized spacial score (nSPS) is 16.9. The summed E-state index contributed by atoms with van der Waals surface area (Å²) < 4.78 is 11.6. The SMILES string of the molecule is C=CCNc1nc([C@@H]2COc3ccccc3O2)cs1. The van der Waals surface area contributed by atoms with Crippen LogP contribution in [0.1, 0.15) is 11.8 Å². The molecule has 0 radical (unpaired) electrons. The first-order chi connectivity index (χ1) is 9.36. The molecule has 98 valence electrons. The standard InChI is InChI=1S/C14H14N2O2S/c1-2-7-15-14-16-10(9-19-14)13-8-17-11-5-3-4-6-12(11)18-13/h2-6,9,13H,1,7-8H2,(H,15,16)/t13-/m0/s1. The summed E-state index contributed by atoms with van der Waals surface area (Å²) in [5.74, 6) is 1.56. The second-order valence-corrected chi connectivity index (χ2v) is 4.97. The Kier molecular flexibility index (Phi) is 3.37. The summed E-state index contributed by atoms with van der Waals surface area (Å²) in [7, 11) is 0. The van der Waals surface area contributed by atoms with Gasteiger partial charge in [-0.05, 0) is 12.1 Å². The topological polar surface area (TPSA) is 43.4 Å². The predicted molar refractivity (Wildman–Crippen MR) is 76.1 cm³/mol. The number of aromatic nitrogens is 1. The first kappa shape index (κ1) is 12.0. The highest BCUT2D eigenvalue weighted by Crippen LogP contribution is 2.36. The first-order valence-corrected chi connectivity index (χ1v) is 6.93. The van der Waals surface area contributed by atoms with Crippen LogP contribution in [0.25, 0.3) is 0 Å².